The van der Waals surface area contributed by atoms with Crippen LogP contribution in [0.5, 0.6) is 17.4 Å². The van der Waals surface area contributed by atoms with Gasteiger partial charge in [-0.05, 0) is 31.0 Å². The SMILES string of the molecule is COc1cc2nc(N3CCC(Cc4ccccc4)(OC(=O)NCc4ccccc4)CC3)nc(O)c2cc1OC(C)C. The predicted octanol–water partition coefficient (Wildman–Crippen LogP) is 5.64. The number of nitrogens with one attached hydrogen (secondary N) is 1. The van der Waals surface area contributed by atoms with Crippen LogP contribution in [0.25, 0.3) is 10.9 Å². The van der Waals surface area contributed by atoms with E-state index in [0.717, 1.165) is 11.1 Å². The fraction of sp³-hybridized carbons (Fsp3) is 0.344. The molecule has 0 saturated carbocycles. The summed E-state index contributed by atoms with van der Waals surface area (Å²) in [5.74, 6) is 1.34. The number of aromatic hydroxyl groups is 1. The molecule has 1 aromatic heterocycles. The molecule has 0 radical (unpaired) electrons. The standard InChI is InChI=1S/C32H36N4O5/c1-22(2)40-28-18-25-26(19-27(28)39-3)34-30(35-29(25)37)36-16-14-32(15-17-36,20-23-10-6-4-7-11-23)41-31(38)33-21-24-12-8-5-9-13-24/h4-13,18-19,22H,14-17,20-21H2,1-3H3,(H,33,38)(H,34,35,37). The summed E-state index contributed by atoms with van der Waals surface area (Å²) in [4.78, 5) is 24.1. The van der Waals surface area contributed by atoms with E-state index in [2.05, 4.69) is 22.4 Å². The van der Waals surface area contributed by atoms with Gasteiger partial charge in [-0.25, -0.2) is 9.78 Å². The number of alkyl carbamates (subject to hydrolysis) is 1. The van der Waals surface area contributed by atoms with Gasteiger partial charge in [0.2, 0.25) is 11.8 Å². The number of hydrogen-bond acceptors (Lipinski definition) is 8. The van der Waals surface area contributed by atoms with Crippen LogP contribution in [0, 0.1) is 0 Å². The molecule has 3 aromatic carbocycles. The molecule has 214 valence electrons. The van der Waals surface area contributed by atoms with E-state index in [4.69, 9.17) is 19.2 Å². The highest BCUT2D eigenvalue weighted by atomic mass is 16.6. The van der Waals surface area contributed by atoms with E-state index in [1.165, 1.54) is 0 Å². The minimum absolute atomic E-state index is 0.0594. The van der Waals surface area contributed by atoms with Gasteiger partial charge in [0.25, 0.3) is 0 Å². The number of hydrogen-bond donors (Lipinski definition) is 2. The van der Waals surface area contributed by atoms with E-state index in [9.17, 15) is 9.90 Å². The van der Waals surface area contributed by atoms with Gasteiger partial charge in [0, 0.05) is 45.0 Å². The van der Waals surface area contributed by atoms with Crippen LogP contribution in [0.2, 0.25) is 0 Å². The third-order valence-electron chi connectivity index (χ3n) is 7.23. The van der Waals surface area contributed by atoms with Crippen LogP contribution in [0.1, 0.15) is 37.8 Å². The zero-order valence-electron chi connectivity index (χ0n) is 23.7. The smallest absolute Gasteiger partial charge is 0.407 e. The summed E-state index contributed by atoms with van der Waals surface area (Å²) < 4.78 is 17.5. The lowest BCUT2D eigenvalue weighted by Gasteiger charge is -2.41. The second-order valence-corrected chi connectivity index (χ2v) is 10.6. The van der Waals surface area contributed by atoms with E-state index in [1.54, 1.807) is 19.2 Å². The van der Waals surface area contributed by atoms with Crippen molar-refractivity contribution < 1.29 is 24.1 Å². The minimum Gasteiger partial charge on any atom is -0.493 e. The maximum atomic E-state index is 13.0. The van der Waals surface area contributed by atoms with Crippen LogP contribution in [-0.4, -0.2) is 53.1 Å². The van der Waals surface area contributed by atoms with Crippen molar-refractivity contribution in [3.8, 4) is 17.4 Å². The molecule has 5 rings (SSSR count). The summed E-state index contributed by atoms with van der Waals surface area (Å²) in [5.41, 5.74) is 1.97. The average Bonchev–Trinajstić information content (AvgIpc) is 2.97. The van der Waals surface area contributed by atoms with Gasteiger partial charge in [-0.3, -0.25) is 0 Å². The number of aromatic nitrogens is 2. The fourth-order valence-electron chi connectivity index (χ4n) is 5.16. The Kier molecular flexibility index (Phi) is 8.42. The second-order valence-electron chi connectivity index (χ2n) is 10.6. The Morgan fingerprint density at radius 2 is 1.63 bits per heavy atom. The first kappa shape index (κ1) is 28.0. The third-order valence-corrected chi connectivity index (χ3v) is 7.23. The molecule has 2 heterocycles. The molecule has 1 aliphatic rings. The van der Waals surface area contributed by atoms with Gasteiger partial charge < -0.3 is 29.5 Å². The first-order valence-electron chi connectivity index (χ1n) is 13.9. The lowest BCUT2D eigenvalue weighted by molar-refractivity contribution is -0.00745. The molecule has 1 saturated heterocycles. The molecule has 2 N–H and O–H groups in total. The minimum atomic E-state index is -0.691. The summed E-state index contributed by atoms with van der Waals surface area (Å²) in [5, 5.41) is 14.2. The maximum absolute atomic E-state index is 13.0. The first-order chi connectivity index (χ1) is 19.8. The highest BCUT2D eigenvalue weighted by Crippen LogP contribution is 2.37. The van der Waals surface area contributed by atoms with Gasteiger partial charge in [0.1, 0.15) is 5.60 Å². The molecule has 0 unspecified atom stereocenters. The number of ether oxygens (including phenoxy) is 3. The highest BCUT2D eigenvalue weighted by molar-refractivity contribution is 5.87. The number of anilines is 1. The van der Waals surface area contributed by atoms with E-state index in [1.807, 2.05) is 67.3 Å². The van der Waals surface area contributed by atoms with Crippen molar-refractivity contribution in [1.29, 1.82) is 0 Å². The Morgan fingerprint density at radius 1 is 0.976 bits per heavy atom. The van der Waals surface area contributed by atoms with Crippen LogP contribution < -0.4 is 19.7 Å². The van der Waals surface area contributed by atoms with Crippen molar-refractivity contribution in [3.05, 3.63) is 83.9 Å². The van der Waals surface area contributed by atoms with Gasteiger partial charge in [0.15, 0.2) is 11.5 Å². The highest BCUT2D eigenvalue weighted by Gasteiger charge is 2.39. The Labute approximate surface area is 240 Å². The number of methoxy groups -OCH3 is 1. The molecule has 0 atom stereocenters. The van der Waals surface area contributed by atoms with Crippen molar-refractivity contribution >= 4 is 22.9 Å². The molecular weight excluding hydrogens is 520 g/mol. The number of rotatable bonds is 9. The van der Waals surface area contributed by atoms with E-state index in [0.29, 0.717) is 67.2 Å². The normalized spacial score (nSPS) is 14.6. The van der Waals surface area contributed by atoms with E-state index in [-0.39, 0.29) is 12.0 Å². The first-order valence-corrected chi connectivity index (χ1v) is 13.9. The topological polar surface area (TPSA) is 106 Å². The number of amides is 1. The summed E-state index contributed by atoms with van der Waals surface area (Å²) in [7, 11) is 1.57. The number of piperidine rings is 1. The number of fused-ring (bicyclic) bond motifs is 1. The lowest BCUT2D eigenvalue weighted by atomic mass is 9.85. The molecule has 41 heavy (non-hydrogen) atoms. The number of benzene rings is 3. The number of carbonyl (C=O) groups excluding carboxylic acids is 1. The Hall–Kier alpha value is -4.53. The zero-order valence-corrected chi connectivity index (χ0v) is 23.7. The van der Waals surface area contributed by atoms with Gasteiger partial charge in [-0.2, -0.15) is 4.98 Å². The molecule has 9 nitrogen and oxygen atoms in total. The van der Waals surface area contributed by atoms with Gasteiger partial charge >= 0.3 is 6.09 Å². The van der Waals surface area contributed by atoms with Gasteiger partial charge in [-0.15, -0.1) is 0 Å². The van der Waals surface area contributed by atoms with Crippen LogP contribution in [0.15, 0.2) is 72.8 Å². The van der Waals surface area contributed by atoms with E-state index >= 15 is 0 Å². The molecule has 1 aliphatic heterocycles. The average molecular weight is 557 g/mol. The van der Waals surface area contributed by atoms with Crippen molar-refractivity contribution in [2.75, 3.05) is 25.1 Å². The number of nitrogens with zero attached hydrogens (tertiary/aromatic N) is 3. The molecule has 0 bridgehead atoms. The molecule has 1 fully saturated rings. The quantitative estimate of drug-likeness (QED) is 0.273. The Balaban J connectivity index is 1.34. The van der Waals surface area contributed by atoms with E-state index < -0.39 is 11.7 Å². The maximum Gasteiger partial charge on any atom is 0.407 e. The molecule has 0 aliphatic carbocycles. The lowest BCUT2D eigenvalue weighted by Crippen LogP contribution is -2.50. The molecule has 9 heteroatoms. The molecule has 4 aromatic rings. The van der Waals surface area contributed by atoms with Crippen LogP contribution in [-0.2, 0) is 17.7 Å². The molecule has 1 amide bonds. The zero-order chi connectivity index (χ0) is 28.8. The van der Waals surface area contributed by atoms with Crippen molar-refractivity contribution in [3.63, 3.8) is 0 Å². The van der Waals surface area contributed by atoms with Crippen LogP contribution in [0.3, 0.4) is 0 Å². The predicted molar refractivity (Wildman–Crippen MR) is 158 cm³/mol. The van der Waals surface area contributed by atoms with Crippen molar-refractivity contribution in [2.45, 2.75) is 51.4 Å². The molecule has 0 spiro atoms. The van der Waals surface area contributed by atoms with Crippen LogP contribution in [0.4, 0.5) is 10.7 Å². The Morgan fingerprint density at radius 3 is 2.27 bits per heavy atom. The third kappa shape index (κ3) is 6.80. The summed E-state index contributed by atoms with van der Waals surface area (Å²) >= 11 is 0. The Bertz CT molecular complexity index is 1470. The number of carbonyl (C=O) groups is 1. The van der Waals surface area contributed by atoms with Crippen molar-refractivity contribution in [1.82, 2.24) is 15.3 Å². The van der Waals surface area contributed by atoms with Gasteiger partial charge in [-0.1, -0.05) is 60.7 Å². The summed E-state index contributed by atoms with van der Waals surface area (Å²) in [6, 6.07) is 23.3. The van der Waals surface area contributed by atoms with Crippen molar-refractivity contribution in [2.24, 2.45) is 0 Å². The van der Waals surface area contributed by atoms with Crippen LogP contribution >= 0.6 is 0 Å². The van der Waals surface area contributed by atoms with Gasteiger partial charge in [0.05, 0.1) is 24.1 Å². The monoisotopic (exact) mass is 556 g/mol. The second kappa shape index (κ2) is 12.3. The molecular formula is C32H36N4O5. The largest absolute Gasteiger partial charge is 0.493 e. The fourth-order valence-corrected chi connectivity index (χ4v) is 5.16. The summed E-state index contributed by atoms with van der Waals surface area (Å²) in [6.45, 7) is 5.34. The summed E-state index contributed by atoms with van der Waals surface area (Å²) in [6.07, 6.45) is 1.25.